The third-order valence-corrected chi connectivity index (χ3v) is 2.84. The zero-order valence-corrected chi connectivity index (χ0v) is 9.72. The van der Waals surface area contributed by atoms with Crippen molar-refractivity contribution in [1.82, 2.24) is 15.2 Å². The van der Waals surface area contributed by atoms with Crippen molar-refractivity contribution in [2.45, 2.75) is 19.4 Å². The minimum Gasteiger partial charge on any atom is -0.298 e. The Morgan fingerprint density at radius 3 is 3.06 bits per heavy atom. The van der Waals surface area contributed by atoms with E-state index in [-0.39, 0.29) is 24.4 Å². The molecular weight excluding hydrogens is 218 g/mol. The number of carbonyl (C=O) groups excluding carboxylic acids is 2. The zero-order chi connectivity index (χ0) is 12.3. The number of pyridine rings is 1. The van der Waals surface area contributed by atoms with Crippen molar-refractivity contribution in [3.63, 3.8) is 0 Å². The summed E-state index contributed by atoms with van der Waals surface area (Å²) < 4.78 is 0. The minimum atomic E-state index is -0.276. The lowest BCUT2D eigenvalue weighted by molar-refractivity contribution is -0.148. The second-order valence-electron chi connectivity index (χ2n) is 4.10. The average molecular weight is 233 g/mol. The third kappa shape index (κ3) is 2.68. The zero-order valence-electron chi connectivity index (χ0n) is 9.72. The summed E-state index contributed by atoms with van der Waals surface area (Å²) in [6.45, 7) is 2.43. The monoisotopic (exact) mass is 233 g/mol. The summed E-state index contributed by atoms with van der Waals surface area (Å²) in [5.41, 5.74) is 1.03. The Kier molecular flexibility index (Phi) is 3.49. The van der Waals surface area contributed by atoms with Gasteiger partial charge >= 0.3 is 0 Å². The van der Waals surface area contributed by atoms with Gasteiger partial charge in [0.05, 0.1) is 12.6 Å². The molecule has 0 aromatic carbocycles. The fourth-order valence-electron chi connectivity index (χ4n) is 1.80. The molecule has 5 heteroatoms. The smallest absolute Gasteiger partial charge is 0.246 e. The average Bonchev–Trinajstić information content (AvgIpc) is 2.35. The lowest BCUT2D eigenvalue weighted by Gasteiger charge is -2.29. The Balaban J connectivity index is 1.98. The van der Waals surface area contributed by atoms with Crippen LogP contribution >= 0.6 is 0 Å². The molecule has 2 rings (SSSR count). The molecule has 1 N–H and O–H groups in total. The molecule has 1 aliphatic rings. The summed E-state index contributed by atoms with van der Waals surface area (Å²) >= 11 is 0. The predicted octanol–water partition coefficient (Wildman–Crippen LogP) is -0.0290. The Morgan fingerprint density at radius 1 is 1.53 bits per heavy atom. The standard InChI is InChI=1S/C12H15N3O2/c1-9-12(17)15(11(16)8-14-9)6-4-10-3-2-5-13-7-10/h2-3,5,7,9,14H,4,6,8H2,1H3. The number of piperazine rings is 1. The molecule has 0 bridgehead atoms. The maximum absolute atomic E-state index is 11.8. The van der Waals surface area contributed by atoms with Crippen molar-refractivity contribution in [2.75, 3.05) is 13.1 Å². The SMILES string of the molecule is CC1NCC(=O)N(CCc2cccnc2)C1=O. The van der Waals surface area contributed by atoms with E-state index in [1.54, 1.807) is 19.3 Å². The van der Waals surface area contributed by atoms with Crippen LogP contribution in [0.2, 0.25) is 0 Å². The lowest BCUT2D eigenvalue weighted by Crippen LogP contribution is -2.57. The van der Waals surface area contributed by atoms with E-state index in [9.17, 15) is 9.59 Å². The molecule has 5 nitrogen and oxygen atoms in total. The Hall–Kier alpha value is -1.75. The molecule has 0 aliphatic carbocycles. The summed E-state index contributed by atoms with van der Waals surface area (Å²) in [7, 11) is 0. The van der Waals surface area contributed by atoms with Crippen LogP contribution in [0.3, 0.4) is 0 Å². The lowest BCUT2D eigenvalue weighted by atomic mass is 10.1. The molecule has 1 aromatic rings. The van der Waals surface area contributed by atoms with E-state index in [1.807, 2.05) is 12.1 Å². The maximum atomic E-state index is 11.8. The van der Waals surface area contributed by atoms with E-state index in [4.69, 9.17) is 0 Å². The molecule has 0 spiro atoms. The molecular formula is C12H15N3O2. The number of imide groups is 1. The number of aromatic nitrogens is 1. The highest BCUT2D eigenvalue weighted by atomic mass is 16.2. The molecule has 2 heterocycles. The van der Waals surface area contributed by atoms with Crippen LogP contribution in [0, 0.1) is 0 Å². The number of carbonyl (C=O) groups is 2. The van der Waals surface area contributed by atoms with Gasteiger partial charge in [0.2, 0.25) is 11.8 Å². The summed E-state index contributed by atoms with van der Waals surface area (Å²) in [5, 5.41) is 2.86. The van der Waals surface area contributed by atoms with Crippen LogP contribution in [0.25, 0.3) is 0 Å². The molecule has 90 valence electrons. The number of nitrogens with one attached hydrogen (secondary N) is 1. The van der Waals surface area contributed by atoms with Gasteiger partial charge in [0.25, 0.3) is 0 Å². The van der Waals surface area contributed by atoms with Gasteiger partial charge in [0, 0.05) is 18.9 Å². The molecule has 0 radical (unpaired) electrons. The second-order valence-corrected chi connectivity index (χ2v) is 4.10. The largest absolute Gasteiger partial charge is 0.298 e. The predicted molar refractivity (Wildman–Crippen MR) is 62.1 cm³/mol. The van der Waals surface area contributed by atoms with E-state index >= 15 is 0 Å². The van der Waals surface area contributed by atoms with Gasteiger partial charge in [-0.2, -0.15) is 0 Å². The van der Waals surface area contributed by atoms with Crippen LogP contribution in [0.15, 0.2) is 24.5 Å². The minimum absolute atomic E-state index is 0.148. The molecule has 1 aliphatic heterocycles. The van der Waals surface area contributed by atoms with Gasteiger partial charge in [0.15, 0.2) is 0 Å². The molecule has 1 saturated heterocycles. The first kappa shape index (κ1) is 11.7. The van der Waals surface area contributed by atoms with Crippen molar-refractivity contribution in [3.05, 3.63) is 30.1 Å². The molecule has 1 aromatic heterocycles. The first-order valence-corrected chi connectivity index (χ1v) is 5.65. The Labute approximate surface area is 99.8 Å². The topological polar surface area (TPSA) is 62.3 Å². The van der Waals surface area contributed by atoms with E-state index in [0.717, 1.165) is 5.56 Å². The second kappa shape index (κ2) is 5.05. The van der Waals surface area contributed by atoms with Crippen LogP contribution in [0.4, 0.5) is 0 Å². The number of hydrogen-bond donors (Lipinski definition) is 1. The quantitative estimate of drug-likeness (QED) is 0.745. The first-order valence-electron chi connectivity index (χ1n) is 5.65. The van der Waals surface area contributed by atoms with Gasteiger partial charge in [0.1, 0.15) is 0 Å². The van der Waals surface area contributed by atoms with Gasteiger partial charge < -0.3 is 0 Å². The Bertz CT molecular complexity index is 419. The summed E-state index contributed by atoms with van der Waals surface area (Å²) in [6, 6.07) is 3.51. The fourth-order valence-corrected chi connectivity index (χ4v) is 1.80. The molecule has 1 unspecified atom stereocenters. The summed E-state index contributed by atoms with van der Waals surface area (Å²) in [4.78, 5) is 28.7. The van der Waals surface area contributed by atoms with E-state index in [0.29, 0.717) is 13.0 Å². The number of hydrogen-bond acceptors (Lipinski definition) is 4. The van der Waals surface area contributed by atoms with Crippen LogP contribution < -0.4 is 5.32 Å². The van der Waals surface area contributed by atoms with Gasteiger partial charge in [-0.3, -0.25) is 24.8 Å². The molecule has 17 heavy (non-hydrogen) atoms. The van der Waals surface area contributed by atoms with Crippen LogP contribution in [0.1, 0.15) is 12.5 Å². The van der Waals surface area contributed by atoms with E-state index < -0.39 is 0 Å². The summed E-state index contributed by atoms with van der Waals surface area (Å²) in [6.07, 6.45) is 4.10. The highest BCUT2D eigenvalue weighted by molar-refractivity contribution is 6.00. The van der Waals surface area contributed by atoms with Crippen LogP contribution in [-0.2, 0) is 16.0 Å². The number of rotatable bonds is 3. The van der Waals surface area contributed by atoms with Crippen molar-refractivity contribution in [3.8, 4) is 0 Å². The molecule has 2 amide bonds. The third-order valence-electron chi connectivity index (χ3n) is 2.84. The molecule has 0 saturated carbocycles. The fraction of sp³-hybridized carbons (Fsp3) is 0.417. The normalized spacial score (nSPS) is 20.8. The van der Waals surface area contributed by atoms with Crippen molar-refractivity contribution in [1.29, 1.82) is 0 Å². The maximum Gasteiger partial charge on any atom is 0.246 e. The number of amides is 2. The summed E-state index contributed by atoms with van der Waals surface area (Å²) in [5.74, 6) is -0.304. The number of nitrogens with zero attached hydrogens (tertiary/aromatic N) is 2. The van der Waals surface area contributed by atoms with Gasteiger partial charge in [-0.05, 0) is 25.0 Å². The Morgan fingerprint density at radius 2 is 2.35 bits per heavy atom. The van der Waals surface area contributed by atoms with E-state index in [2.05, 4.69) is 10.3 Å². The van der Waals surface area contributed by atoms with Crippen molar-refractivity contribution in [2.24, 2.45) is 0 Å². The molecule has 1 fully saturated rings. The van der Waals surface area contributed by atoms with Crippen LogP contribution in [-0.4, -0.2) is 40.8 Å². The first-order chi connectivity index (χ1) is 8.18. The van der Waals surface area contributed by atoms with Gasteiger partial charge in [-0.15, -0.1) is 0 Å². The highest BCUT2D eigenvalue weighted by Gasteiger charge is 2.30. The molecule has 1 atom stereocenters. The highest BCUT2D eigenvalue weighted by Crippen LogP contribution is 2.05. The van der Waals surface area contributed by atoms with Gasteiger partial charge in [-0.25, -0.2) is 0 Å². The van der Waals surface area contributed by atoms with E-state index in [1.165, 1.54) is 4.90 Å². The van der Waals surface area contributed by atoms with Crippen LogP contribution in [0.5, 0.6) is 0 Å². The van der Waals surface area contributed by atoms with Crippen molar-refractivity contribution < 1.29 is 9.59 Å². The van der Waals surface area contributed by atoms with Crippen molar-refractivity contribution >= 4 is 11.8 Å². The van der Waals surface area contributed by atoms with Gasteiger partial charge in [-0.1, -0.05) is 6.07 Å².